The highest BCUT2D eigenvalue weighted by Crippen LogP contribution is 2.64. The number of fused-ring (bicyclic) bond motifs is 1. The van der Waals surface area contributed by atoms with Crippen molar-refractivity contribution >= 4 is 23.2 Å². The summed E-state index contributed by atoms with van der Waals surface area (Å²) < 4.78 is 5.32. The minimum atomic E-state index is 0.244. The Hall–Kier alpha value is -0.280. The van der Waals surface area contributed by atoms with Crippen LogP contribution in [-0.2, 0) is 10.2 Å². The Balaban J connectivity index is 1.93. The van der Waals surface area contributed by atoms with Crippen LogP contribution in [0.25, 0.3) is 0 Å². The van der Waals surface area contributed by atoms with Gasteiger partial charge in [0.15, 0.2) is 0 Å². The van der Waals surface area contributed by atoms with E-state index in [1.807, 2.05) is 6.07 Å². The Morgan fingerprint density at radius 3 is 2.79 bits per heavy atom. The van der Waals surface area contributed by atoms with E-state index in [4.69, 9.17) is 27.9 Å². The molecule has 0 bridgehead atoms. The monoisotopic (exact) mass is 299 g/mol. The Bertz CT molecular complexity index is 465. The first-order valence-corrected chi connectivity index (χ1v) is 7.61. The number of benzene rings is 1. The van der Waals surface area contributed by atoms with Crippen molar-refractivity contribution in [1.82, 2.24) is 5.32 Å². The van der Waals surface area contributed by atoms with Crippen LogP contribution in [0.15, 0.2) is 18.2 Å². The summed E-state index contributed by atoms with van der Waals surface area (Å²) in [5.41, 5.74) is 1.57. The summed E-state index contributed by atoms with van der Waals surface area (Å²) >= 11 is 12.2. The van der Waals surface area contributed by atoms with Crippen LogP contribution >= 0.6 is 23.2 Å². The van der Waals surface area contributed by atoms with Gasteiger partial charge in [0.2, 0.25) is 0 Å². The van der Waals surface area contributed by atoms with Gasteiger partial charge in [-0.25, -0.2) is 0 Å². The summed E-state index contributed by atoms with van der Waals surface area (Å²) in [5.74, 6) is 1.48. The molecule has 1 aliphatic carbocycles. The van der Waals surface area contributed by atoms with Crippen molar-refractivity contribution in [3.8, 4) is 0 Å². The third-order valence-corrected chi connectivity index (χ3v) is 5.61. The summed E-state index contributed by atoms with van der Waals surface area (Å²) in [6.07, 6.45) is 2.31. The number of hydrogen-bond acceptors (Lipinski definition) is 2. The van der Waals surface area contributed by atoms with Crippen LogP contribution in [0.4, 0.5) is 0 Å². The Morgan fingerprint density at radius 1 is 1.32 bits per heavy atom. The molecule has 0 spiro atoms. The highest BCUT2D eigenvalue weighted by atomic mass is 35.5. The highest BCUT2D eigenvalue weighted by Gasteiger charge is 2.64. The number of halogens is 2. The van der Waals surface area contributed by atoms with Crippen molar-refractivity contribution in [2.24, 2.45) is 11.8 Å². The fourth-order valence-electron chi connectivity index (χ4n) is 3.90. The van der Waals surface area contributed by atoms with Crippen LogP contribution in [-0.4, -0.2) is 26.8 Å². The molecule has 0 radical (unpaired) electrons. The van der Waals surface area contributed by atoms with Crippen LogP contribution in [0.5, 0.6) is 0 Å². The zero-order valence-electron chi connectivity index (χ0n) is 11.1. The lowest BCUT2D eigenvalue weighted by Crippen LogP contribution is -2.24. The number of piperidine rings is 1. The zero-order chi connectivity index (χ0) is 13.5. The molecule has 3 unspecified atom stereocenters. The number of hydrogen-bond donors (Lipinski definition) is 1. The molecule has 1 heterocycles. The lowest BCUT2D eigenvalue weighted by Gasteiger charge is -2.19. The van der Waals surface area contributed by atoms with E-state index in [1.165, 1.54) is 12.0 Å². The third kappa shape index (κ3) is 2.19. The SMILES string of the molecule is COCCC1(c2ccc(Cl)c(Cl)c2)C2CCNCC21. The molecular formula is C15H19Cl2NO. The van der Waals surface area contributed by atoms with Gasteiger partial charge in [-0.15, -0.1) is 0 Å². The number of nitrogens with one attached hydrogen (secondary N) is 1. The predicted octanol–water partition coefficient (Wildman–Crippen LogP) is 3.51. The van der Waals surface area contributed by atoms with Gasteiger partial charge in [-0.05, 0) is 55.5 Å². The van der Waals surface area contributed by atoms with E-state index in [-0.39, 0.29) is 5.41 Å². The van der Waals surface area contributed by atoms with Crippen LogP contribution in [0.2, 0.25) is 10.0 Å². The molecule has 3 atom stereocenters. The van der Waals surface area contributed by atoms with Crippen LogP contribution < -0.4 is 5.32 Å². The average Bonchev–Trinajstić information content (AvgIpc) is 3.09. The Morgan fingerprint density at radius 2 is 2.16 bits per heavy atom. The fraction of sp³-hybridized carbons (Fsp3) is 0.600. The fourth-order valence-corrected chi connectivity index (χ4v) is 4.20. The minimum Gasteiger partial charge on any atom is -0.385 e. The van der Waals surface area contributed by atoms with E-state index in [1.54, 1.807) is 7.11 Å². The topological polar surface area (TPSA) is 21.3 Å². The summed E-state index contributed by atoms with van der Waals surface area (Å²) in [5, 5.41) is 4.80. The molecule has 3 rings (SSSR count). The molecular weight excluding hydrogens is 281 g/mol. The zero-order valence-corrected chi connectivity index (χ0v) is 12.6. The largest absolute Gasteiger partial charge is 0.385 e. The van der Waals surface area contributed by atoms with E-state index < -0.39 is 0 Å². The minimum absolute atomic E-state index is 0.244. The van der Waals surface area contributed by atoms with E-state index in [0.29, 0.717) is 16.0 Å². The summed E-state index contributed by atoms with van der Waals surface area (Å²) in [6, 6.07) is 6.12. The third-order valence-electron chi connectivity index (χ3n) is 4.87. The van der Waals surface area contributed by atoms with E-state index >= 15 is 0 Å². The predicted molar refractivity (Wildman–Crippen MR) is 79.1 cm³/mol. The van der Waals surface area contributed by atoms with Gasteiger partial charge in [0.25, 0.3) is 0 Å². The van der Waals surface area contributed by atoms with E-state index in [9.17, 15) is 0 Å². The molecule has 1 saturated heterocycles. The van der Waals surface area contributed by atoms with Crippen molar-refractivity contribution in [3.05, 3.63) is 33.8 Å². The van der Waals surface area contributed by atoms with Crippen molar-refractivity contribution in [2.75, 3.05) is 26.8 Å². The normalized spacial score (nSPS) is 33.0. The van der Waals surface area contributed by atoms with Crippen molar-refractivity contribution in [1.29, 1.82) is 0 Å². The second kappa shape index (κ2) is 5.25. The smallest absolute Gasteiger partial charge is 0.0595 e. The molecule has 1 aromatic rings. The van der Waals surface area contributed by atoms with Gasteiger partial charge < -0.3 is 10.1 Å². The number of rotatable bonds is 4. The molecule has 0 aromatic heterocycles. The first-order chi connectivity index (χ1) is 9.20. The molecule has 104 valence electrons. The maximum absolute atomic E-state index is 6.20. The van der Waals surface area contributed by atoms with Gasteiger partial charge in [-0.3, -0.25) is 0 Å². The summed E-state index contributed by atoms with van der Waals surface area (Å²) in [6.45, 7) is 3.03. The van der Waals surface area contributed by atoms with E-state index in [2.05, 4.69) is 17.4 Å². The van der Waals surface area contributed by atoms with Gasteiger partial charge in [-0.2, -0.15) is 0 Å². The molecule has 19 heavy (non-hydrogen) atoms. The number of methoxy groups -OCH3 is 1. The molecule has 2 fully saturated rings. The van der Waals surface area contributed by atoms with Crippen LogP contribution in [0.1, 0.15) is 18.4 Å². The second-order valence-corrected chi connectivity index (χ2v) is 6.43. The molecule has 2 aliphatic rings. The lowest BCUT2D eigenvalue weighted by molar-refractivity contribution is 0.181. The maximum Gasteiger partial charge on any atom is 0.0595 e. The molecule has 1 aliphatic heterocycles. The first kappa shape index (κ1) is 13.7. The maximum atomic E-state index is 6.20. The van der Waals surface area contributed by atoms with Gasteiger partial charge in [-0.1, -0.05) is 29.3 Å². The molecule has 1 saturated carbocycles. The molecule has 1 aromatic carbocycles. The standard InChI is InChI=1S/C15H19Cl2NO/c1-19-7-5-15(11-4-6-18-9-12(11)15)10-2-3-13(16)14(17)8-10/h2-3,8,11-12,18H,4-7,9H2,1H3. The summed E-state index contributed by atoms with van der Waals surface area (Å²) in [4.78, 5) is 0. The van der Waals surface area contributed by atoms with Gasteiger partial charge in [0.05, 0.1) is 10.0 Å². The first-order valence-electron chi connectivity index (χ1n) is 6.85. The van der Waals surface area contributed by atoms with Gasteiger partial charge in [0.1, 0.15) is 0 Å². The number of ether oxygens (including phenoxy) is 1. The van der Waals surface area contributed by atoms with Crippen LogP contribution in [0.3, 0.4) is 0 Å². The quantitative estimate of drug-likeness (QED) is 0.919. The van der Waals surface area contributed by atoms with Crippen molar-refractivity contribution in [3.63, 3.8) is 0 Å². The molecule has 2 nitrogen and oxygen atoms in total. The van der Waals surface area contributed by atoms with E-state index in [0.717, 1.165) is 32.0 Å². The van der Waals surface area contributed by atoms with Gasteiger partial charge in [0, 0.05) is 19.1 Å². The summed E-state index contributed by atoms with van der Waals surface area (Å²) in [7, 11) is 1.77. The lowest BCUT2D eigenvalue weighted by atomic mass is 9.88. The van der Waals surface area contributed by atoms with Crippen molar-refractivity contribution in [2.45, 2.75) is 18.3 Å². The van der Waals surface area contributed by atoms with Crippen LogP contribution in [0, 0.1) is 11.8 Å². The van der Waals surface area contributed by atoms with Crippen molar-refractivity contribution < 1.29 is 4.74 Å². The van der Waals surface area contributed by atoms with Gasteiger partial charge >= 0.3 is 0 Å². The second-order valence-electron chi connectivity index (χ2n) is 5.62. The Labute approximate surface area is 124 Å². The molecule has 1 N–H and O–H groups in total. The molecule has 4 heteroatoms. The molecule has 0 amide bonds. The highest BCUT2D eigenvalue weighted by molar-refractivity contribution is 6.42. The average molecular weight is 300 g/mol. The Kier molecular flexibility index (Phi) is 3.78.